The molecule has 1 atom stereocenters. The van der Waals surface area contributed by atoms with Gasteiger partial charge in [-0.05, 0) is 24.0 Å². The fourth-order valence-electron chi connectivity index (χ4n) is 2.94. The summed E-state index contributed by atoms with van der Waals surface area (Å²) >= 11 is 0. The molecule has 1 aromatic carbocycles. The number of fused-ring (bicyclic) bond motifs is 1. The molecule has 1 unspecified atom stereocenters. The second-order valence-corrected chi connectivity index (χ2v) is 6.77. The van der Waals surface area contributed by atoms with Crippen molar-refractivity contribution in [1.82, 2.24) is 19.9 Å². The zero-order valence-corrected chi connectivity index (χ0v) is 13.4. The van der Waals surface area contributed by atoms with Crippen molar-refractivity contribution in [2.75, 3.05) is 13.1 Å². The molecule has 23 heavy (non-hydrogen) atoms. The van der Waals surface area contributed by atoms with Gasteiger partial charge in [0, 0.05) is 19.1 Å². The molecule has 7 heteroatoms. The van der Waals surface area contributed by atoms with E-state index in [0.717, 1.165) is 11.1 Å². The molecule has 7 nitrogen and oxygen atoms in total. The maximum atomic E-state index is 12.5. The smallest absolute Gasteiger partial charge is 0.278 e. The topological polar surface area (TPSA) is 94.1 Å². The van der Waals surface area contributed by atoms with Gasteiger partial charge in [0.25, 0.3) is 5.56 Å². The van der Waals surface area contributed by atoms with Crippen molar-refractivity contribution in [3.63, 3.8) is 0 Å². The van der Waals surface area contributed by atoms with Crippen LogP contribution in [0.3, 0.4) is 0 Å². The van der Waals surface area contributed by atoms with Crippen LogP contribution in [0.15, 0.2) is 29.1 Å². The Hall–Kier alpha value is -2.28. The van der Waals surface area contributed by atoms with Gasteiger partial charge in [-0.15, -0.1) is 5.10 Å². The number of benzene rings is 1. The van der Waals surface area contributed by atoms with Gasteiger partial charge in [0.05, 0.1) is 5.39 Å². The highest BCUT2D eigenvalue weighted by molar-refractivity contribution is 5.78. The number of nitrogens with two attached hydrogens (primary N) is 1. The van der Waals surface area contributed by atoms with Crippen molar-refractivity contribution in [3.05, 3.63) is 34.6 Å². The van der Waals surface area contributed by atoms with Crippen LogP contribution in [-0.2, 0) is 11.3 Å². The largest absolute Gasteiger partial charge is 0.340 e. The monoisotopic (exact) mass is 315 g/mol. The molecule has 0 bridgehead atoms. The third-order valence-electron chi connectivity index (χ3n) is 4.58. The van der Waals surface area contributed by atoms with E-state index in [4.69, 9.17) is 5.73 Å². The second-order valence-electron chi connectivity index (χ2n) is 6.77. The van der Waals surface area contributed by atoms with Gasteiger partial charge in [0.1, 0.15) is 12.1 Å². The van der Waals surface area contributed by atoms with Gasteiger partial charge in [-0.2, -0.15) is 0 Å². The number of amides is 1. The summed E-state index contributed by atoms with van der Waals surface area (Å²) in [5.74, 6) is -0.128. The van der Waals surface area contributed by atoms with Crippen LogP contribution in [-0.4, -0.2) is 44.9 Å². The molecular weight excluding hydrogens is 294 g/mol. The van der Waals surface area contributed by atoms with Crippen LogP contribution in [0.25, 0.3) is 10.9 Å². The molecule has 0 saturated carbocycles. The lowest BCUT2D eigenvalue weighted by molar-refractivity contribution is -0.135. The molecule has 0 spiro atoms. The van der Waals surface area contributed by atoms with E-state index < -0.39 is 0 Å². The van der Waals surface area contributed by atoms with Crippen LogP contribution in [0.2, 0.25) is 0 Å². The predicted molar refractivity (Wildman–Crippen MR) is 86.8 cm³/mol. The Kier molecular flexibility index (Phi) is 3.89. The standard InChI is InChI=1S/C16H21N5O2/c1-16(2)10-20(8-7-13(16)17)14(22)9-21-15(23)11-5-3-4-6-12(11)18-19-21/h3-6,13H,7-10,17H2,1-2H3. The summed E-state index contributed by atoms with van der Waals surface area (Å²) in [6.45, 7) is 5.21. The number of carbonyl (C=O) groups excluding carboxylic acids is 1. The van der Waals surface area contributed by atoms with Gasteiger partial charge in [0.15, 0.2) is 0 Å². The summed E-state index contributed by atoms with van der Waals surface area (Å²) in [6.07, 6.45) is 0.761. The van der Waals surface area contributed by atoms with E-state index in [1.54, 1.807) is 29.2 Å². The number of piperidine rings is 1. The van der Waals surface area contributed by atoms with E-state index in [0.29, 0.717) is 24.0 Å². The molecule has 1 saturated heterocycles. The van der Waals surface area contributed by atoms with Crippen LogP contribution >= 0.6 is 0 Å². The van der Waals surface area contributed by atoms with Gasteiger partial charge in [-0.3, -0.25) is 9.59 Å². The summed E-state index contributed by atoms with van der Waals surface area (Å²) < 4.78 is 1.13. The van der Waals surface area contributed by atoms with Crippen molar-refractivity contribution in [1.29, 1.82) is 0 Å². The first-order valence-corrected chi connectivity index (χ1v) is 7.74. The second kappa shape index (κ2) is 5.73. The first-order chi connectivity index (χ1) is 10.9. The van der Waals surface area contributed by atoms with Crippen LogP contribution in [0.1, 0.15) is 20.3 Å². The fourth-order valence-corrected chi connectivity index (χ4v) is 2.94. The minimum absolute atomic E-state index is 0.0785. The third-order valence-corrected chi connectivity index (χ3v) is 4.58. The first-order valence-electron chi connectivity index (χ1n) is 7.74. The predicted octanol–water partition coefficient (Wildman–Crippen LogP) is 0.377. The van der Waals surface area contributed by atoms with Gasteiger partial charge in [-0.25, -0.2) is 4.68 Å². The van der Waals surface area contributed by atoms with E-state index >= 15 is 0 Å². The molecule has 1 amide bonds. The van der Waals surface area contributed by atoms with Gasteiger partial charge >= 0.3 is 0 Å². The number of hydrogen-bond donors (Lipinski definition) is 1. The Balaban J connectivity index is 1.81. The number of nitrogens with zero attached hydrogens (tertiary/aromatic N) is 4. The van der Waals surface area contributed by atoms with E-state index in [2.05, 4.69) is 24.2 Å². The molecule has 1 fully saturated rings. The molecule has 2 heterocycles. The van der Waals surface area contributed by atoms with E-state index in [-0.39, 0.29) is 29.5 Å². The minimum Gasteiger partial charge on any atom is -0.340 e. The number of hydrogen-bond acceptors (Lipinski definition) is 5. The lowest BCUT2D eigenvalue weighted by atomic mass is 9.79. The number of aromatic nitrogens is 3. The minimum atomic E-state index is -0.295. The molecule has 2 aromatic rings. The summed E-state index contributed by atoms with van der Waals surface area (Å²) in [4.78, 5) is 26.7. The SMILES string of the molecule is CC1(C)CN(C(=O)Cn2nnc3ccccc3c2=O)CCC1N. The van der Waals surface area contributed by atoms with Crippen molar-refractivity contribution >= 4 is 16.8 Å². The number of carbonyl (C=O) groups is 1. The molecular formula is C16H21N5O2. The average Bonchev–Trinajstić information content (AvgIpc) is 2.53. The molecule has 2 N–H and O–H groups in total. The molecule has 1 aliphatic rings. The first kappa shape index (κ1) is 15.6. The highest BCUT2D eigenvalue weighted by Crippen LogP contribution is 2.27. The number of rotatable bonds is 2. The van der Waals surface area contributed by atoms with Gasteiger partial charge < -0.3 is 10.6 Å². The summed E-state index contributed by atoms with van der Waals surface area (Å²) in [6, 6.07) is 7.06. The average molecular weight is 315 g/mol. The Labute approximate surface area is 134 Å². The molecule has 122 valence electrons. The van der Waals surface area contributed by atoms with E-state index in [1.807, 2.05) is 0 Å². The Morgan fingerprint density at radius 1 is 1.39 bits per heavy atom. The summed E-state index contributed by atoms with van der Waals surface area (Å²) in [5.41, 5.74) is 6.21. The van der Waals surface area contributed by atoms with Crippen molar-refractivity contribution in [3.8, 4) is 0 Å². The molecule has 0 aliphatic carbocycles. The van der Waals surface area contributed by atoms with Crippen molar-refractivity contribution < 1.29 is 4.79 Å². The van der Waals surface area contributed by atoms with Gasteiger partial charge in [-0.1, -0.05) is 31.2 Å². The van der Waals surface area contributed by atoms with Gasteiger partial charge in [0.2, 0.25) is 5.91 Å². The molecule has 1 aliphatic heterocycles. The highest BCUT2D eigenvalue weighted by Gasteiger charge is 2.35. The quantitative estimate of drug-likeness (QED) is 0.864. The zero-order chi connectivity index (χ0) is 16.6. The third kappa shape index (κ3) is 2.96. The maximum Gasteiger partial charge on any atom is 0.278 e. The Bertz CT molecular complexity index is 798. The molecule has 0 radical (unpaired) electrons. The normalized spacial score (nSPS) is 20.7. The Morgan fingerprint density at radius 3 is 2.87 bits per heavy atom. The Morgan fingerprint density at radius 2 is 2.13 bits per heavy atom. The molecule has 1 aromatic heterocycles. The molecule has 3 rings (SSSR count). The fraction of sp³-hybridized carbons (Fsp3) is 0.500. The van der Waals surface area contributed by atoms with Crippen LogP contribution in [0.4, 0.5) is 0 Å². The lowest BCUT2D eigenvalue weighted by Gasteiger charge is -2.42. The highest BCUT2D eigenvalue weighted by atomic mass is 16.2. The maximum absolute atomic E-state index is 12.5. The van der Waals surface area contributed by atoms with Crippen LogP contribution in [0, 0.1) is 5.41 Å². The van der Waals surface area contributed by atoms with Crippen LogP contribution in [0.5, 0.6) is 0 Å². The zero-order valence-electron chi connectivity index (χ0n) is 13.4. The van der Waals surface area contributed by atoms with E-state index in [9.17, 15) is 9.59 Å². The van der Waals surface area contributed by atoms with Crippen molar-refractivity contribution in [2.24, 2.45) is 11.1 Å². The van der Waals surface area contributed by atoms with Crippen LogP contribution < -0.4 is 11.3 Å². The summed E-state index contributed by atoms with van der Waals surface area (Å²) in [5, 5.41) is 8.35. The number of likely N-dealkylation sites (tertiary alicyclic amines) is 1. The lowest BCUT2D eigenvalue weighted by Crippen LogP contribution is -2.54. The summed E-state index contributed by atoms with van der Waals surface area (Å²) in [7, 11) is 0. The van der Waals surface area contributed by atoms with Crippen molar-refractivity contribution in [2.45, 2.75) is 32.9 Å². The van der Waals surface area contributed by atoms with E-state index in [1.165, 1.54) is 0 Å².